The van der Waals surface area contributed by atoms with Crippen molar-refractivity contribution in [2.75, 3.05) is 51.2 Å². The number of anilines is 1. The number of hydrogen-bond donors (Lipinski definition) is 1. The van der Waals surface area contributed by atoms with E-state index in [9.17, 15) is 14.4 Å². The molecular weight excluding hydrogens is 416 g/mol. The monoisotopic (exact) mass is 448 g/mol. The van der Waals surface area contributed by atoms with Gasteiger partial charge in [0.25, 0.3) is 0 Å². The summed E-state index contributed by atoms with van der Waals surface area (Å²) in [5.41, 5.74) is 0.183. The molecule has 4 rings (SSSR count). The molecule has 170 valence electrons. The molecule has 0 radical (unpaired) electrons. The predicted octanol–water partition coefficient (Wildman–Crippen LogP) is 2.61. The predicted molar refractivity (Wildman–Crippen MR) is 119 cm³/mol. The molecule has 1 N–H and O–H groups in total. The average Bonchev–Trinajstić information content (AvgIpc) is 3.28. The number of piperidine rings is 1. The maximum atomic E-state index is 13.0. The summed E-state index contributed by atoms with van der Waals surface area (Å²) in [6.45, 7) is 8.93. The fourth-order valence-corrected chi connectivity index (χ4v) is 5.87. The van der Waals surface area contributed by atoms with E-state index in [2.05, 4.69) is 16.3 Å². The van der Waals surface area contributed by atoms with Gasteiger partial charge in [0.15, 0.2) is 0 Å². The summed E-state index contributed by atoms with van der Waals surface area (Å²) in [5, 5.41) is 3.74. The fraction of sp³-hybridized carbons (Fsp3) is 0.682. The van der Waals surface area contributed by atoms with E-state index in [-0.39, 0.29) is 29.2 Å². The molecule has 3 aliphatic rings. The maximum Gasteiger partial charge on any atom is 0.409 e. The molecule has 9 heteroatoms. The van der Waals surface area contributed by atoms with E-state index in [0.717, 1.165) is 43.9 Å². The van der Waals surface area contributed by atoms with Crippen LogP contribution in [0.25, 0.3) is 0 Å². The molecule has 2 saturated heterocycles. The highest BCUT2D eigenvalue weighted by Gasteiger charge is 2.59. The molecule has 0 aromatic carbocycles. The molecule has 1 atom stereocenters. The van der Waals surface area contributed by atoms with Crippen LogP contribution < -0.4 is 5.32 Å². The van der Waals surface area contributed by atoms with E-state index in [1.54, 1.807) is 23.2 Å². The van der Waals surface area contributed by atoms with E-state index in [1.165, 1.54) is 11.8 Å². The van der Waals surface area contributed by atoms with E-state index >= 15 is 0 Å². The Balaban J connectivity index is 1.22. The van der Waals surface area contributed by atoms with Crippen LogP contribution >= 0.6 is 11.3 Å². The minimum Gasteiger partial charge on any atom is -0.450 e. The molecule has 2 aliphatic heterocycles. The second-order valence-electron chi connectivity index (χ2n) is 8.85. The minimum absolute atomic E-state index is 0.0416. The molecular formula is C22H32N4O4S. The lowest BCUT2D eigenvalue weighted by Crippen LogP contribution is -2.51. The number of thiophene rings is 1. The largest absolute Gasteiger partial charge is 0.450 e. The van der Waals surface area contributed by atoms with Crippen molar-refractivity contribution in [1.29, 1.82) is 0 Å². The zero-order chi connectivity index (χ0) is 22.0. The van der Waals surface area contributed by atoms with E-state index in [4.69, 9.17) is 4.74 Å². The Labute approximate surface area is 187 Å². The van der Waals surface area contributed by atoms with Gasteiger partial charge >= 0.3 is 6.09 Å². The van der Waals surface area contributed by atoms with Crippen molar-refractivity contribution < 1.29 is 19.1 Å². The molecule has 31 heavy (non-hydrogen) atoms. The Morgan fingerprint density at radius 1 is 1.10 bits per heavy atom. The van der Waals surface area contributed by atoms with Crippen LogP contribution in [-0.4, -0.2) is 78.5 Å². The number of nitrogens with one attached hydrogen (secondary N) is 1. The van der Waals surface area contributed by atoms with Crippen LogP contribution in [0, 0.1) is 11.3 Å². The van der Waals surface area contributed by atoms with Crippen LogP contribution in [0.3, 0.4) is 0 Å². The summed E-state index contributed by atoms with van der Waals surface area (Å²) in [6, 6.07) is 4.05. The van der Waals surface area contributed by atoms with Gasteiger partial charge in [-0.15, -0.1) is 11.3 Å². The third-order valence-electron chi connectivity index (χ3n) is 6.80. The normalized spacial score (nSPS) is 23.0. The van der Waals surface area contributed by atoms with Crippen molar-refractivity contribution in [2.45, 2.75) is 39.7 Å². The summed E-state index contributed by atoms with van der Waals surface area (Å²) in [5.74, 6) is 0.382. The van der Waals surface area contributed by atoms with Gasteiger partial charge in [0.2, 0.25) is 11.8 Å². The van der Waals surface area contributed by atoms with Crippen molar-refractivity contribution in [3.05, 3.63) is 17.0 Å². The van der Waals surface area contributed by atoms with Gasteiger partial charge in [-0.25, -0.2) is 4.79 Å². The number of amides is 3. The second-order valence-corrected chi connectivity index (χ2v) is 10.0. The molecule has 0 unspecified atom stereocenters. The summed E-state index contributed by atoms with van der Waals surface area (Å²) in [7, 11) is 0. The molecule has 3 amide bonds. The van der Waals surface area contributed by atoms with E-state index in [0.29, 0.717) is 32.8 Å². The van der Waals surface area contributed by atoms with Crippen LogP contribution in [0.15, 0.2) is 12.1 Å². The number of rotatable bonds is 5. The van der Waals surface area contributed by atoms with Crippen molar-refractivity contribution in [1.82, 2.24) is 14.7 Å². The average molecular weight is 449 g/mol. The molecule has 1 aromatic rings. The molecule has 3 heterocycles. The first-order valence-corrected chi connectivity index (χ1v) is 12.0. The van der Waals surface area contributed by atoms with Gasteiger partial charge in [-0.05, 0) is 56.8 Å². The quantitative estimate of drug-likeness (QED) is 0.749. The molecule has 8 nitrogen and oxygen atoms in total. The van der Waals surface area contributed by atoms with Gasteiger partial charge in [0.1, 0.15) is 0 Å². The van der Waals surface area contributed by atoms with Crippen LogP contribution in [0.2, 0.25) is 0 Å². The molecule has 1 aromatic heterocycles. The topological polar surface area (TPSA) is 82.2 Å². The smallest absolute Gasteiger partial charge is 0.409 e. The van der Waals surface area contributed by atoms with Gasteiger partial charge in [0, 0.05) is 50.4 Å². The number of piperazine rings is 1. The van der Waals surface area contributed by atoms with Crippen molar-refractivity contribution in [2.24, 2.45) is 11.3 Å². The third kappa shape index (κ3) is 5.03. The van der Waals surface area contributed by atoms with Gasteiger partial charge < -0.3 is 19.9 Å². The van der Waals surface area contributed by atoms with Crippen molar-refractivity contribution in [3.63, 3.8) is 0 Å². The Hall–Kier alpha value is -2.13. The van der Waals surface area contributed by atoms with Gasteiger partial charge in [-0.3, -0.25) is 14.5 Å². The Morgan fingerprint density at radius 3 is 2.42 bits per heavy atom. The van der Waals surface area contributed by atoms with Crippen LogP contribution in [-0.2, 0) is 20.9 Å². The Kier molecular flexibility index (Phi) is 6.52. The van der Waals surface area contributed by atoms with Crippen LogP contribution in [0.4, 0.5) is 9.80 Å². The van der Waals surface area contributed by atoms with E-state index < -0.39 is 0 Å². The second kappa shape index (κ2) is 9.16. The molecule has 1 spiro atoms. The first-order chi connectivity index (χ1) is 14.9. The highest BCUT2D eigenvalue weighted by molar-refractivity contribution is 7.16. The van der Waals surface area contributed by atoms with Crippen molar-refractivity contribution in [3.8, 4) is 0 Å². The zero-order valence-corrected chi connectivity index (χ0v) is 19.2. The lowest BCUT2D eigenvalue weighted by molar-refractivity contribution is -0.135. The van der Waals surface area contributed by atoms with Crippen LogP contribution in [0.1, 0.15) is 38.0 Å². The maximum absolute atomic E-state index is 13.0. The van der Waals surface area contributed by atoms with Gasteiger partial charge in [-0.2, -0.15) is 0 Å². The summed E-state index contributed by atoms with van der Waals surface area (Å²) in [4.78, 5) is 43.4. The number of likely N-dealkylation sites (tertiary alicyclic amines) is 1. The fourth-order valence-electron chi connectivity index (χ4n) is 4.87. The molecule has 1 aliphatic carbocycles. The molecule has 3 fully saturated rings. The highest BCUT2D eigenvalue weighted by atomic mass is 32.1. The SMILES string of the molecule is CCOC(=O)N1CCN(C(=O)[C@H]2CC23CCN(Cc2ccc(NC(C)=O)s2)CC3)CC1. The summed E-state index contributed by atoms with van der Waals surface area (Å²) < 4.78 is 5.06. The molecule has 0 bridgehead atoms. The third-order valence-corrected chi connectivity index (χ3v) is 7.78. The zero-order valence-electron chi connectivity index (χ0n) is 18.4. The van der Waals surface area contributed by atoms with Gasteiger partial charge in [-0.1, -0.05) is 0 Å². The Bertz CT molecular complexity index is 825. The van der Waals surface area contributed by atoms with Gasteiger partial charge in [0.05, 0.1) is 11.6 Å². The summed E-state index contributed by atoms with van der Waals surface area (Å²) in [6.07, 6.45) is 2.86. The first-order valence-electron chi connectivity index (χ1n) is 11.2. The minimum atomic E-state index is -0.278. The summed E-state index contributed by atoms with van der Waals surface area (Å²) >= 11 is 1.63. The number of carbonyl (C=O) groups excluding carboxylic acids is 3. The lowest BCUT2D eigenvalue weighted by atomic mass is 9.90. The number of nitrogens with zero attached hydrogens (tertiary/aromatic N) is 3. The lowest BCUT2D eigenvalue weighted by Gasteiger charge is -2.36. The van der Waals surface area contributed by atoms with E-state index in [1.807, 2.05) is 11.0 Å². The Morgan fingerprint density at radius 2 is 1.77 bits per heavy atom. The number of hydrogen-bond acceptors (Lipinski definition) is 6. The highest BCUT2D eigenvalue weighted by Crippen LogP contribution is 2.60. The van der Waals surface area contributed by atoms with Crippen molar-refractivity contribution >= 4 is 34.2 Å². The molecule has 1 saturated carbocycles. The first kappa shape index (κ1) is 22.1. The standard InChI is InChI=1S/C22H32N4O4S/c1-3-30-21(29)26-12-10-25(11-13-26)20(28)18-14-22(18)6-8-24(9-7-22)15-17-4-5-19(31-17)23-16(2)27/h4-5,18H,3,6-15H2,1-2H3,(H,23,27)/t18-/m1/s1. The van der Waals surface area contributed by atoms with Crippen LogP contribution in [0.5, 0.6) is 0 Å². The number of carbonyl (C=O) groups is 3. The number of ether oxygens (including phenoxy) is 1.